The molecule has 0 rings (SSSR count). The van der Waals surface area contributed by atoms with E-state index in [-0.39, 0.29) is 6.42 Å². The molecule has 0 radical (unpaired) electrons. The van der Waals surface area contributed by atoms with Crippen LogP contribution in [0.5, 0.6) is 0 Å². The van der Waals surface area contributed by atoms with Gasteiger partial charge >= 0.3 is 23.7 Å². The first-order chi connectivity index (χ1) is 8.71. The molecule has 0 fully saturated rings. The highest BCUT2D eigenvalue weighted by Gasteiger charge is 2.44. The molecule has 0 amide bonds. The highest BCUT2D eigenvalue weighted by molar-refractivity contribution is 5.82. The van der Waals surface area contributed by atoms with Crippen LogP contribution in [0, 0.1) is 0 Å². The normalized spacial score (nSPS) is 15.0. The quantitative estimate of drug-likeness (QED) is 0.297. The number of esters is 1. The first kappa shape index (κ1) is 17.3. The van der Waals surface area contributed by atoms with Crippen LogP contribution >= 0.6 is 0 Å². The minimum Gasteiger partial charge on any atom is -0.421 e. The monoisotopic (exact) mass is 278 g/mol. The van der Waals surface area contributed by atoms with Crippen LogP contribution in [0.25, 0.3) is 0 Å². The number of ether oxygens (including phenoxy) is 1. The van der Waals surface area contributed by atoms with E-state index >= 15 is 0 Å². The maximum atomic E-state index is 11.5. The zero-order chi connectivity index (χ0) is 15.1. The van der Waals surface area contributed by atoms with Crippen LogP contribution in [0.3, 0.4) is 0 Å². The number of carbonyl (C=O) groups is 3. The lowest BCUT2D eigenvalue weighted by atomic mass is 10.1. The molecule has 0 aromatic rings. The van der Waals surface area contributed by atoms with Crippen LogP contribution in [0.2, 0.25) is 0 Å². The van der Waals surface area contributed by atoms with E-state index in [4.69, 9.17) is 0 Å². The van der Waals surface area contributed by atoms with Crippen molar-refractivity contribution in [2.75, 3.05) is 0 Å². The molecular weight excluding hydrogens is 260 g/mol. The molecule has 0 aromatic carbocycles. The summed E-state index contributed by atoms with van der Waals surface area (Å²) in [6, 6.07) is 0. The Hall–Kier alpha value is -1.67. The second kappa shape index (κ2) is 7.70. The molecule has 0 aliphatic rings. The first-order valence-corrected chi connectivity index (χ1v) is 5.73. The van der Waals surface area contributed by atoms with Gasteiger partial charge in [-0.15, -0.1) is 0 Å². The van der Waals surface area contributed by atoms with Gasteiger partial charge in [-0.2, -0.15) is 0 Å². The van der Waals surface area contributed by atoms with Crippen LogP contribution in [0.1, 0.15) is 40.0 Å². The van der Waals surface area contributed by atoms with Gasteiger partial charge in [-0.25, -0.2) is 19.4 Å². The van der Waals surface area contributed by atoms with Crippen molar-refractivity contribution in [3.8, 4) is 0 Å². The van der Waals surface area contributed by atoms with Crippen LogP contribution < -0.4 is 0 Å². The maximum absolute atomic E-state index is 11.5. The van der Waals surface area contributed by atoms with Crippen molar-refractivity contribution in [1.82, 2.24) is 0 Å². The van der Waals surface area contributed by atoms with Gasteiger partial charge < -0.3 is 14.9 Å². The van der Waals surface area contributed by atoms with Crippen molar-refractivity contribution in [3.63, 3.8) is 0 Å². The summed E-state index contributed by atoms with van der Waals surface area (Å²) in [6.07, 6.45) is -1.34. The van der Waals surface area contributed by atoms with Crippen LogP contribution in [-0.2, 0) is 28.9 Å². The highest BCUT2D eigenvalue weighted by Crippen LogP contribution is 2.19. The number of aliphatic hydroxyl groups excluding tert-OH is 1. The fourth-order valence-corrected chi connectivity index (χ4v) is 1.17. The number of hydrogen-bond donors (Lipinski definition) is 2. The molecule has 0 heterocycles. The number of aliphatic hydroxyl groups is 2. The summed E-state index contributed by atoms with van der Waals surface area (Å²) in [7, 11) is 0. The third kappa shape index (κ3) is 6.73. The Bertz CT molecular complexity index is 338. The van der Waals surface area contributed by atoms with Crippen molar-refractivity contribution in [2.45, 2.75) is 51.9 Å². The zero-order valence-electron chi connectivity index (χ0n) is 11.0. The van der Waals surface area contributed by atoms with E-state index in [0.717, 1.165) is 6.92 Å². The largest absolute Gasteiger partial charge is 0.426 e. The van der Waals surface area contributed by atoms with Gasteiger partial charge in [0, 0.05) is 13.3 Å². The van der Waals surface area contributed by atoms with Gasteiger partial charge in [-0.3, -0.25) is 4.79 Å². The van der Waals surface area contributed by atoms with E-state index < -0.39 is 36.2 Å². The Kier molecular flexibility index (Phi) is 7.02. The average Bonchev–Trinajstić information content (AvgIpc) is 2.24. The smallest absolute Gasteiger partial charge is 0.421 e. The summed E-state index contributed by atoms with van der Waals surface area (Å²) in [5.41, 5.74) is 0. The maximum Gasteiger partial charge on any atom is 0.426 e. The van der Waals surface area contributed by atoms with E-state index in [1.807, 2.05) is 0 Å². The number of hydrogen-bond acceptors (Lipinski definition) is 8. The third-order valence-corrected chi connectivity index (χ3v) is 1.86. The molecule has 2 unspecified atom stereocenters. The predicted molar refractivity (Wildman–Crippen MR) is 60.1 cm³/mol. The molecule has 0 bridgehead atoms. The summed E-state index contributed by atoms with van der Waals surface area (Å²) < 4.78 is 4.57. The fourth-order valence-electron chi connectivity index (χ4n) is 1.17. The zero-order valence-corrected chi connectivity index (χ0v) is 11.0. The minimum atomic E-state index is -2.70. The summed E-state index contributed by atoms with van der Waals surface area (Å²) in [5.74, 6) is -5.96. The predicted octanol–water partition coefficient (Wildman–Crippen LogP) is -0.190. The number of carbonyl (C=O) groups excluding carboxylic acids is 3. The van der Waals surface area contributed by atoms with Crippen molar-refractivity contribution in [2.24, 2.45) is 0 Å². The van der Waals surface area contributed by atoms with E-state index in [0.29, 0.717) is 6.42 Å². The molecule has 19 heavy (non-hydrogen) atoms. The Balaban J connectivity index is 4.79. The standard InChI is InChI=1S/C11H18O8/c1-4-5-9(14)17-11(16,6-7(2)12)10(15)19-18-8(3)13/h7,12,16H,4-6H2,1-3H3. The van der Waals surface area contributed by atoms with Gasteiger partial charge in [0.1, 0.15) is 0 Å². The summed E-state index contributed by atoms with van der Waals surface area (Å²) in [4.78, 5) is 41.3. The lowest BCUT2D eigenvalue weighted by Gasteiger charge is -2.25. The highest BCUT2D eigenvalue weighted by atomic mass is 17.2. The fraction of sp³-hybridized carbons (Fsp3) is 0.727. The Morgan fingerprint density at radius 1 is 1.26 bits per heavy atom. The summed E-state index contributed by atoms with van der Waals surface area (Å²) >= 11 is 0. The van der Waals surface area contributed by atoms with Crippen molar-refractivity contribution in [3.05, 3.63) is 0 Å². The van der Waals surface area contributed by atoms with Gasteiger partial charge in [0.2, 0.25) is 0 Å². The van der Waals surface area contributed by atoms with Crippen molar-refractivity contribution < 1.29 is 39.1 Å². The molecule has 2 N–H and O–H groups in total. The van der Waals surface area contributed by atoms with Crippen molar-refractivity contribution in [1.29, 1.82) is 0 Å². The molecule has 0 saturated heterocycles. The SMILES string of the molecule is CCCC(=O)OC(O)(CC(C)O)C(=O)OOC(C)=O. The molecule has 110 valence electrons. The van der Waals surface area contributed by atoms with Gasteiger partial charge in [0.15, 0.2) is 0 Å². The van der Waals surface area contributed by atoms with E-state index in [2.05, 4.69) is 14.5 Å². The van der Waals surface area contributed by atoms with Gasteiger partial charge in [-0.1, -0.05) is 6.92 Å². The Morgan fingerprint density at radius 2 is 1.84 bits per heavy atom. The molecule has 8 heteroatoms. The lowest BCUT2D eigenvalue weighted by Crippen LogP contribution is -2.46. The van der Waals surface area contributed by atoms with Crippen molar-refractivity contribution >= 4 is 17.9 Å². The molecule has 0 aliphatic carbocycles. The van der Waals surface area contributed by atoms with Gasteiger partial charge in [-0.05, 0) is 13.3 Å². The van der Waals surface area contributed by atoms with Gasteiger partial charge in [0.25, 0.3) is 0 Å². The third-order valence-electron chi connectivity index (χ3n) is 1.86. The summed E-state index contributed by atoms with van der Waals surface area (Å²) in [5, 5.41) is 19.1. The second-order valence-corrected chi connectivity index (χ2v) is 4.01. The van der Waals surface area contributed by atoms with E-state index in [9.17, 15) is 24.6 Å². The minimum absolute atomic E-state index is 0.0248. The molecule has 8 nitrogen and oxygen atoms in total. The average molecular weight is 278 g/mol. The van der Waals surface area contributed by atoms with Crippen LogP contribution in [-0.4, -0.2) is 40.0 Å². The first-order valence-electron chi connectivity index (χ1n) is 5.73. The number of rotatable bonds is 6. The van der Waals surface area contributed by atoms with E-state index in [1.165, 1.54) is 6.92 Å². The lowest BCUT2D eigenvalue weighted by molar-refractivity contribution is -0.293. The molecule has 0 aromatic heterocycles. The molecule has 0 spiro atoms. The Morgan fingerprint density at radius 3 is 2.26 bits per heavy atom. The molecular formula is C11H18O8. The topological polar surface area (TPSA) is 119 Å². The second-order valence-electron chi connectivity index (χ2n) is 4.01. The summed E-state index contributed by atoms with van der Waals surface area (Å²) in [6.45, 7) is 3.95. The molecule has 0 saturated carbocycles. The van der Waals surface area contributed by atoms with Gasteiger partial charge in [0.05, 0.1) is 12.5 Å². The Labute approximate surface area is 110 Å². The van der Waals surface area contributed by atoms with Crippen LogP contribution in [0.4, 0.5) is 0 Å². The van der Waals surface area contributed by atoms with E-state index in [1.54, 1.807) is 6.92 Å². The van der Waals surface area contributed by atoms with Crippen LogP contribution in [0.15, 0.2) is 0 Å². The molecule has 2 atom stereocenters. The molecule has 0 aliphatic heterocycles.